The Morgan fingerprint density at radius 1 is 0.417 bits per heavy atom. The fourth-order valence-corrected chi connectivity index (χ4v) is 14.5. The second-order valence-electron chi connectivity index (χ2n) is 16.9. The second kappa shape index (κ2) is 21.5. The predicted molar refractivity (Wildman–Crippen MR) is 254 cm³/mol. The van der Waals surface area contributed by atoms with E-state index in [4.69, 9.17) is 36.0 Å². The maximum Gasteiger partial charge on any atom is 0.501 e. The van der Waals surface area contributed by atoms with Gasteiger partial charge in [0.05, 0.1) is 56.7 Å². The van der Waals surface area contributed by atoms with E-state index in [0.717, 1.165) is 9.80 Å². The number of hydrogen-bond acceptors (Lipinski definition) is 18. The highest BCUT2D eigenvalue weighted by Gasteiger charge is 2.48. The highest BCUT2D eigenvalue weighted by molar-refractivity contribution is 6.61. The van der Waals surface area contributed by atoms with Gasteiger partial charge in [-0.3, -0.25) is 29.0 Å². The van der Waals surface area contributed by atoms with Crippen LogP contribution in [0.1, 0.15) is 137 Å². The van der Waals surface area contributed by atoms with Gasteiger partial charge in [-0.05, 0) is 127 Å². The molecule has 0 aromatic heterocycles. The van der Waals surface area contributed by atoms with Gasteiger partial charge in [0.25, 0.3) is 23.6 Å². The summed E-state index contributed by atoms with van der Waals surface area (Å²) in [4.78, 5) is 105. The molecule has 0 aliphatic carbocycles. The van der Waals surface area contributed by atoms with Crippen molar-refractivity contribution in [3.63, 3.8) is 0 Å². The highest BCUT2D eigenvalue weighted by Crippen LogP contribution is 2.35. The standard InChI is InChI=1S/C50H52N2O18Si2/c1-7-61-71(62-8-2,23-11-21-51-43(53)35-17-13-31(25-39(35)45(51)55)65-33-15-19-37-41(27-33)49(59)67-47(37)57)69-29(5)30(6)70-72(63-9-3,64-10-4)24-12-22-52-44(54)36-18-14-32(26-40(36)46(52)56)66-34-16-20-38-42(28-34)50(60)68-48(38)58/h13-20,25-30H,7-12,21-24H2,1-6H3/t29-,30?/m0/s1. The number of amides is 4. The number of hydrogen-bond donors (Lipinski definition) is 0. The van der Waals surface area contributed by atoms with Crippen LogP contribution in [0.2, 0.25) is 12.1 Å². The lowest BCUT2D eigenvalue weighted by molar-refractivity contribution is -0.0379. The number of carbonyl (C=O) groups excluding carboxylic acids is 8. The van der Waals surface area contributed by atoms with E-state index in [0.29, 0.717) is 0 Å². The van der Waals surface area contributed by atoms with E-state index in [1.807, 2.05) is 41.5 Å². The van der Waals surface area contributed by atoms with Gasteiger partial charge in [-0.15, -0.1) is 0 Å². The lowest BCUT2D eigenvalue weighted by atomic mass is 10.1. The molecule has 72 heavy (non-hydrogen) atoms. The molecule has 0 N–H and O–H groups in total. The lowest BCUT2D eigenvalue weighted by Crippen LogP contribution is -2.54. The Hall–Kier alpha value is -6.77. The van der Waals surface area contributed by atoms with Crippen LogP contribution in [0.25, 0.3) is 0 Å². The summed E-state index contributed by atoms with van der Waals surface area (Å²) in [5.74, 6) is -4.09. The summed E-state index contributed by atoms with van der Waals surface area (Å²) < 4.78 is 59.5. The fraction of sp³-hybridized carbons (Fsp3) is 0.360. The Bertz CT molecular complexity index is 2670. The number of esters is 4. The minimum absolute atomic E-state index is 0.0352. The third kappa shape index (κ3) is 10.4. The van der Waals surface area contributed by atoms with Crippen LogP contribution in [0.4, 0.5) is 0 Å². The zero-order valence-corrected chi connectivity index (χ0v) is 42.4. The molecule has 378 valence electrons. The van der Waals surface area contributed by atoms with Crippen molar-refractivity contribution in [3.05, 3.63) is 117 Å². The maximum absolute atomic E-state index is 13.7. The van der Waals surface area contributed by atoms with Crippen LogP contribution in [-0.2, 0) is 36.0 Å². The van der Waals surface area contributed by atoms with Crippen LogP contribution >= 0.6 is 0 Å². The first-order chi connectivity index (χ1) is 34.5. The van der Waals surface area contributed by atoms with Gasteiger partial charge in [-0.25, -0.2) is 19.2 Å². The third-order valence-corrected chi connectivity index (χ3v) is 18.5. The van der Waals surface area contributed by atoms with E-state index >= 15 is 0 Å². The van der Waals surface area contributed by atoms with Gasteiger partial charge in [0.1, 0.15) is 23.0 Å². The number of benzene rings is 4. The molecule has 0 saturated heterocycles. The number of fused-ring (bicyclic) bond motifs is 4. The Balaban J connectivity index is 0.873. The van der Waals surface area contributed by atoms with Crippen molar-refractivity contribution in [1.82, 2.24) is 9.80 Å². The van der Waals surface area contributed by atoms with Crippen LogP contribution in [0, 0.1) is 0 Å². The molecule has 2 atom stereocenters. The van der Waals surface area contributed by atoms with Gasteiger partial charge < -0.3 is 45.5 Å². The smallest absolute Gasteiger partial charge is 0.457 e. The first kappa shape index (κ1) is 51.6. The summed E-state index contributed by atoms with van der Waals surface area (Å²) in [5.41, 5.74) is 1.08. The largest absolute Gasteiger partial charge is 0.501 e. The quantitative estimate of drug-likeness (QED) is 0.0272. The number of ether oxygens (including phenoxy) is 4. The van der Waals surface area contributed by atoms with Crippen molar-refractivity contribution < 1.29 is 83.9 Å². The van der Waals surface area contributed by atoms with Crippen LogP contribution in [0.3, 0.4) is 0 Å². The van der Waals surface area contributed by atoms with Gasteiger partial charge in [0, 0.05) is 51.6 Å². The Morgan fingerprint density at radius 3 is 1.04 bits per heavy atom. The molecule has 4 aliphatic heterocycles. The van der Waals surface area contributed by atoms with E-state index in [1.54, 1.807) is 0 Å². The summed E-state index contributed by atoms with van der Waals surface area (Å²) in [5, 5.41) is 0. The molecule has 0 radical (unpaired) electrons. The zero-order chi connectivity index (χ0) is 51.5. The molecule has 4 heterocycles. The molecule has 4 aliphatic rings. The first-order valence-electron chi connectivity index (χ1n) is 23.6. The molecule has 0 fully saturated rings. The van der Waals surface area contributed by atoms with Crippen molar-refractivity contribution in [2.75, 3.05) is 39.5 Å². The summed E-state index contributed by atoms with van der Waals surface area (Å²) in [6.45, 7) is 12.0. The molecule has 0 bridgehead atoms. The molecule has 8 rings (SSSR count). The van der Waals surface area contributed by atoms with Crippen LogP contribution < -0.4 is 9.47 Å². The van der Waals surface area contributed by atoms with Crippen molar-refractivity contribution in [2.24, 2.45) is 0 Å². The Kier molecular flexibility index (Phi) is 15.4. The molecule has 0 spiro atoms. The van der Waals surface area contributed by atoms with E-state index in [2.05, 4.69) is 9.47 Å². The molecule has 0 saturated carbocycles. The van der Waals surface area contributed by atoms with Gasteiger partial charge in [-0.2, -0.15) is 0 Å². The fourth-order valence-electron chi connectivity index (χ4n) is 8.77. The van der Waals surface area contributed by atoms with Gasteiger partial charge in [0.2, 0.25) is 0 Å². The summed E-state index contributed by atoms with van der Waals surface area (Å²) in [6.07, 6.45) is -0.715. The summed E-state index contributed by atoms with van der Waals surface area (Å²) >= 11 is 0. The Morgan fingerprint density at radius 2 is 0.708 bits per heavy atom. The van der Waals surface area contributed by atoms with Gasteiger partial charge in [0.15, 0.2) is 0 Å². The molecule has 22 heteroatoms. The van der Waals surface area contributed by atoms with Crippen molar-refractivity contribution in [1.29, 1.82) is 0 Å². The molecule has 4 aromatic carbocycles. The monoisotopic (exact) mass is 1020 g/mol. The highest BCUT2D eigenvalue weighted by atomic mass is 28.4. The van der Waals surface area contributed by atoms with E-state index in [1.165, 1.54) is 72.8 Å². The number of imide groups is 2. The molecule has 4 aromatic rings. The van der Waals surface area contributed by atoms with E-state index in [-0.39, 0.29) is 132 Å². The van der Waals surface area contributed by atoms with Crippen LogP contribution in [0.5, 0.6) is 23.0 Å². The first-order valence-corrected chi connectivity index (χ1v) is 27.5. The minimum atomic E-state index is -3.51. The van der Waals surface area contributed by atoms with Gasteiger partial charge in [-0.1, -0.05) is 0 Å². The van der Waals surface area contributed by atoms with Crippen molar-refractivity contribution >= 4 is 65.1 Å². The normalized spacial score (nSPS) is 16.0. The number of cyclic esters (lactones) is 4. The summed E-state index contributed by atoms with van der Waals surface area (Å²) in [6, 6.07) is 18.0. The molecular formula is C50H52N2O18Si2. The van der Waals surface area contributed by atoms with Crippen molar-refractivity contribution in [3.8, 4) is 23.0 Å². The SMILES string of the molecule is CCO[Si](CCCN1C(=O)c2ccc(Oc3ccc4c(c3)C(=O)OC4=O)cc2C1=O)(OCC)OC(C)[C@H](C)O[Si](CCCN1C(=O)c2ccc(Oc3ccc4c(c3)C(=O)OC4=O)cc2C1=O)(OCC)OCC. The topological polar surface area (TPSA) is 235 Å². The number of carbonyl (C=O) groups is 8. The zero-order valence-electron chi connectivity index (χ0n) is 40.4. The van der Waals surface area contributed by atoms with E-state index < -0.39 is 77.3 Å². The average molecular weight is 1030 g/mol. The lowest BCUT2D eigenvalue weighted by Gasteiger charge is -2.37. The van der Waals surface area contributed by atoms with Crippen molar-refractivity contribution in [2.45, 2.75) is 78.7 Å². The third-order valence-electron chi connectivity index (χ3n) is 12.2. The molecule has 20 nitrogen and oxygen atoms in total. The molecule has 4 amide bonds. The number of rotatable bonds is 25. The maximum atomic E-state index is 13.7. The average Bonchev–Trinajstić information content (AvgIpc) is 3.97. The molecular weight excluding hydrogens is 973 g/mol. The minimum Gasteiger partial charge on any atom is -0.457 e. The second-order valence-corrected chi connectivity index (χ2v) is 22.2. The van der Waals surface area contributed by atoms with Crippen LogP contribution in [-0.4, -0.2) is 127 Å². The van der Waals surface area contributed by atoms with E-state index in [9.17, 15) is 38.4 Å². The molecule has 1 unspecified atom stereocenters. The van der Waals surface area contributed by atoms with Gasteiger partial charge >= 0.3 is 41.5 Å². The summed E-state index contributed by atoms with van der Waals surface area (Å²) in [7, 11) is -7.03. The van der Waals surface area contributed by atoms with Crippen LogP contribution in [0.15, 0.2) is 72.8 Å². The number of nitrogens with zero attached hydrogens (tertiary/aromatic N) is 2. The Labute approximate surface area is 416 Å². The predicted octanol–water partition coefficient (Wildman–Crippen LogP) is 7.40.